The number of para-hydroxylation sites is 1. The summed E-state index contributed by atoms with van der Waals surface area (Å²) in [7, 11) is 0. The normalized spacial score (nSPS) is 18.5. The van der Waals surface area contributed by atoms with Gasteiger partial charge in [0.05, 0.1) is 0 Å². The summed E-state index contributed by atoms with van der Waals surface area (Å²) in [5.74, 6) is 0.229. The lowest BCUT2D eigenvalue weighted by atomic mass is 9.96. The van der Waals surface area contributed by atoms with Gasteiger partial charge >= 0.3 is 0 Å². The smallest absolute Gasteiger partial charge is 0.228 e. The summed E-state index contributed by atoms with van der Waals surface area (Å²) < 4.78 is 0. The van der Waals surface area contributed by atoms with Gasteiger partial charge < -0.3 is 10.2 Å². The molecular weight excluding hydrogens is 236 g/mol. The second-order valence-corrected chi connectivity index (χ2v) is 5.64. The largest absolute Gasteiger partial charge is 0.314 e. The van der Waals surface area contributed by atoms with Gasteiger partial charge in [-0.05, 0) is 31.4 Å². The number of amides is 1. The maximum Gasteiger partial charge on any atom is 0.228 e. The maximum atomic E-state index is 12.4. The Bertz CT molecular complexity index is 442. The average Bonchev–Trinajstić information content (AvgIpc) is 2.38. The summed E-state index contributed by atoms with van der Waals surface area (Å²) in [6.45, 7) is 7.10. The van der Waals surface area contributed by atoms with E-state index in [1.54, 1.807) is 0 Å². The number of hydrogen-bond donors (Lipinski definition) is 1. The lowest BCUT2D eigenvalue weighted by Crippen LogP contribution is -2.43. The number of nitrogens with one attached hydrogen (secondary N) is 1. The van der Waals surface area contributed by atoms with Gasteiger partial charge in [-0.2, -0.15) is 0 Å². The molecule has 1 atom stereocenters. The molecule has 1 aromatic rings. The number of carbonyl (C=O) groups excluding carboxylic acids is 1. The fourth-order valence-corrected chi connectivity index (χ4v) is 2.66. The van der Waals surface area contributed by atoms with Gasteiger partial charge in [0.1, 0.15) is 0 Å². The molecule has 0 radical (unpaired) electrons. The maximum absolute atomic E-state index is 12.4. The molecule has 19 heavy (non-hydrogen) atoms. The van der Waals surface area contributed by atoms with Crippen molar-refractivity contribution >= 4 is 11.6 Å². The van der Waals surface area contributed by atoms with Gasteiger partial charge in [0.25, 0.3) is 0 Å². The third kappa shape index (κ3) is 3.35. The van der Waals surface area contributed by atoms with Crippen LogP contribution in [0.3, 0.4) is 0 Å². The number of benzene rings is 1. The molecule has 1 unspecified atom stereocenters. The highest BCUT2D eigenvalue weighted by Crippen LogP contribution is 2.30. The van der Waals surface area contributed by atoms with Crippen LogP contribution in [0.4, 0.5) is 5.69 Å². The third-order valence-electron chi connectivity index (χ3n) is 3.68. The number of fused-ring (bicyclic) bond motifs is 1. The van der Waals surface area contributed by atoms with Crippen molar-refractivity contribution in [3.05, 3.63) is 29.8 Å². The van der Waals surface area contributed by atoms with Gasteiger partial charge in [0.15, 0.2) is 0 Å². The van der Waals surface area contributed by atoms with Crippen LogP contribution in [0.2, 0.25) is 0 Å². The van der Waals surface area contributed by atoms with Gasteiger partial charge in [-0.1, -0.05) is 32.0 Å². The number of anilines is 1. The molecule has 1 aliphatic heterocycles. The van der Waals surface area contributed by atoms with E-state index in [1.165, 1.54) is 5.56 Å². The molecule has 0 spiro atoms. The van der Waals surface area contributed by atoms with Crippen molar-refractivity contribution in [2.45, 2.75) is 52.1 Å². The van der Waals surface area contributed by atoms with E-state index in [-0.39, 0.29) is 5.91 Å². The van der Waals surface area contributed by atoms with Crippen molar-refractivity contribution in [2.24, 2.45) is 0 Å². The molecule has 3 heteroatoms. The summed E-state index contributed by atoms with van der Waals surface area (Å²) in [5.41, 5.74) is 2.40. The van der Waals surface area contributed by atoms with E-state index in [4.69, 9.17) is 0 Å². The molecule has 0 aliphatic carbocycles. The molecule has 0 aromatic heterocycles. The monoisotopic (exact) mass is 260 g/mol. The molecule has 1 aliphatic rings. The minimum Gasteiger partial charge on any atom is -0.314 e. The lowest BCUT2D eigenvalue weighted by molar-refractivity contribution is -0.119. The molecular formula is C16H24N2O. The van der Waals surface area contributed by atoms with E-state index < -0.39 is 0 Å². The Balaban J connectivity index is 2.08. The first-order valence-corrected chi connectivity index (χ1v) is 7.23. The van der Waals surface area contributed by atoms with Crippen LogP contribution in [-0.4, -0.2) is 24.5 Å². The van der Waals surface area contributed by atoms with Crippen LogP contribution in [0.15, 0.2) is 24.3 Å². The van der Waals surface area contributed by atoms with Crippen LogP contribution >= 0.6 is 0 Å². The van der Waals surface area contributed by atoms with E-state index >= 15 is 0 Å². The number of hydrogen-bond acceptors (Lipinski definition) is 2. The Morgan fingerprint density at radius 2 is 2.16 bits per heavy atom. The summed E-state index contributed by atoms with van der Waals surface area (Å²) in [5, 5.41) is 3.31. The van der Waals surface area contributed by atoms with Gasteiger partial charge in [0.2, 0.25) is 5.91 Å². The standard InChI is InChI=1S/C16H24N2O/c1-12(2)17-11-10-16(19)18-13(3)8-9-14-6-4-5-7-15(14)18/h4-7,12-13,17H,8-11H2,1-3H3. The third-order valence-corrected chi connectivity index (χ3v) is 3.68. The quantitative estimate of drug-likeness (QED) is 0.903. The molecule has 1 aromatic carbocycles. The second kappa shape index (κ2) is 6.20. The molecule has 0 bridgehead atoms. The molecule has 1 N–H and O–H groups in total. The van der Waals surface area contributed by atoms with E-state index in [1.807, 2.05) is 11.0 Å². The minimum atomic E-state index is 0.229. The molecule has 2 rings (SSSR count). The first-order valence-electron chi connectivity index (χ1n) is 7.23. The zero-order chi connectivity index (χ0) is 13.8. The number of carbonyl (C=O) groups is 1. The highest BCUT2D eigenvalue weighted by atomic mass is 16.2. The number of aryl methyl sites for hydroxylation is 1. The van der Waals surface area contributed by atoms with Crippen LogP contribution in [0.1, 0.15) is 39.2 Å². The summed E-state index contributed by atoms with van der Waals surface area (Å²) in [6.07, 6.45) is 2.70. The predicted octanol–water partition coefficient (Wildman–Crippen LogP) is 2.74. The van der Waals surface area contributed by atoms with E-state index in [2.05, 4.69) is 44.3 Å². The van der Waals surface area contributed by atoms with Gasteiger partial charge in [-0.25, -0.2) is 0 Å². The Kier molecular flexibility index (Phi) is 4.59. The van der Waals surface area contributed by atoms with Gasteiger partial charge in [-0.3, -0.25) is 4.79 Å². The van der Waals surface area contributed by atoms with Crippen LogP contribution in [0.25, 0.3) is 0 Å². The molecule has 104 valence electrons. The van der Waals surface area contributed by atoms with Crippen molar-refractivity contribution in [2.75, 3.05) is 11.4 Å². The molecule has 3 nitrogen and oxygen atoms in total. The van der Waals surface area contributed by atoms with Crippen molar-refractivity contribution in [3.63, 3.8) is 0 Å². The van der Waals surface area contributed by atoms with E-state index in [0.29, 0.717) is 18.5 Å². The zero-order valence-electron chi connectivity index (χ0n) is 12.1. The fourth-order valence-electron chi connectivity index (χ4n) is 2.66. The van der Waals surface area contributed by atoms with E-state index in [9.17, 15) is 4.79 Å². The van der Waals surface area contributed by atoms with Gasteiger partial charge in [0, 0.05) is 30.7 Å². The SMILES string of the molecule is CC(C)NCCC(=O)N1c2ccccc2CCC1C. The van der Waals surface area contributed by atoms with Crippen molar-refractivity contribution < 1.29 is 4.79 Å². The molecule has 0 saturated carbocycles. The topological polar surface area (TPSA) is 32.3 Å². The van der Waals surface area contributed by atoms with Crippen molar-refractivity contribution in [1.29, 1.82) is 0 Å². The van der Waals surface area contributed by atoms with Crippen LogP contribution < -0.4 is 10.2 Å². The molecule has 0 saturated heterocycles. The Morgan fingerprint density at radius 3 is 2.89 bits per heavy atom. The predicted molar refractivity (Wildman–Crippen MR) is 79.5 cm³/mol. The first kappa shape index (κ1) is 14.1. The van der Waals surface area contributed by atoms with Crippen LogP contribution in [-0.2, 0) is 11.2 Å². The second-order valence-electron chi connectivity index (χ2n) is 5.64. The Hall–Kier alpha value is -1.35. The summed E-state index contributed by atoms with van der Waals surface area (Å²) in [6, 6.07) is 9.01. The minimum absolute atomic E-state index is 0.229. The molecule has 1 amide bonds. The fraction of sp³-hybridized carbons (Fsp3) is 0.562. The summed E-state index contributed by atoms with van der Waals surface area (Å²) >= 11 is 0. The highest BCUT2D eigenvalue weighted by Gasteiger charge is 2.27. The first-order chi connectivity index (χ1) is 9.09. The van der Waals surface area contributed by atoms with E-state index in [0.717, 1.165) is 25.1 Å². The Morgan fingerprint density at radius 1 is 1.42 bits per heavy atom. The zero-order valence-corrected chi connectivity index (χ0v) is 12.1. The Labute approximate surface area is 116 Å². The van der Waals surface area contributed by atoms with Crippen LogP contribution in [0.5, 0.6) is 0 Å². The van der Waals surface area contributed by atoms with Crippen LogP contribution in [0, 0.1) is 0 Å². The highest BCUT2D eigenvalue weighted by molar-refractivity contribution is 5.95. The number of rotatable bonds is 4. The molecule has 0 fully saturated rings. The molecule has 1 heterocycles. The van der Waals surface area contributed by atoms with Crippen molar-refractivity contribution in [3.8, 4) is 0 Å². The number of nitrogens with zero attached hydrogens (tertiary/aromatic N) is 1. The van der Waals surface area contributed by atoms with Crippen molar-refractivity contribution in [1.82, 2.24) is 5.32 Å². The summed E-state index contributed by atoms with van der Waals surface area (Å²) in [4.78, 5) is 14.4. The van der Waals surface area contributed by atoms with Gasteiger partial charge in [-0.15, -0.1) is 0 Å². The average molecular weight is 260 g/mol. The lowest BCUT2D eigenvalue weighted by Gasteiger charge is -2.35.